The Bertz CT molecular complexity index is 882. The molecule has 3 rings (SSSR count). The van der Waals surface area contributed by atoms with E-state index >= 15 is 0 Å². The van der Waals surface area contributed by atoms with Gasteiger partial charge in [0.15, 0.2) is 0 Å². The van der Waals surface area contributed by atoms with Gasteiger partial charge in [-0.25, -0.2) is 17.5 Å². The fourth-order valence-corrected chi connectivity index (χ4v) is 3.70. The number of hydrogen-bond acceptors (Lipinski definition) is 4. The third-order valence-corrected chi connectivity index (χ3v) is 5.36. The summed E-state index contributed by atoms with van der Waals surface area (Å²) in [6.45, 7) is 0. The van der Waals surface area contributed by atoms with Crippen molar-refractivity contribution < 1.29 is 22.3 Å². The van der Waals surface area contributed by atoms with Crippen LogP contribution < -0.4 is 9.46 Å². The highest BCUT2D eigenvalue weighted by Crippen LogP contribution is 2.48. The van der Waals surface area contributed by atoms with E-state index < -0.39 is 21.8 Å². The van der Waals surface area contributed by atoms with E-state index in [1.165, 1.54) is 31.4 Å². The Balaban J connectivity index is 1.72. The molecule has 1 aliphatic carbocycles. The molecule has 0 heterocycles. The number of carbonyl (C=O) groups excluding carboxylic acids is 1. The van der Waals surface area contributed by atoms with Gasteiger partial charge in [0.2, 0.25) is 5.91 Å². The number of amides is 1. The number of sulfonamides is 1. The summed E-state index contributed by atoms with van der Waals surface area (Å²) in [6, 6.07) is 12.0. The molecule has 2 unspecified atom stereocenters. The average molecular weight is 349 g/mol. The standard InChI is InChI=1S/C17H16FNO4S/c1-23-11-5-4-6-12(9-11)24(21,22)19-17(20)15-10-14(15)13-7-2-3-8-16(13)18/h2-9,14-15H,10H2,1H3,(H,19,20). The van der Waals surface area contributed by atoms with Crippen LogP contribution in [-0.2, 0) is 14.8 Å². The first-order chi connectivity index (χ1) is 11.4. The van der Waals surface area contributed by atoms with Crippen molar-refractivity contribution in [3.63, 3.8) is 0 Å². The van der Waals surface area contributed by atoms with E-state index in [1.54, 1.807) is 24.3 Å². The minimum Gasteiger partial charge on any atom is -0.497 e. The maximum Gasteiger partial charge on any atom is 0.264 e. The molecule has 0 saturated heterocycles. The Morgan fingerprint density at radius 2 is 1.96 bits per heavy atom. The van der Waals surface area contributed by atoms with Crippen LogP contribution in [0.25, 0.3) is 0 Å². The molecule has 0 radical (unpaired) electrons. The SMILES string of the molecule is COc1cccc(S(=O)(=O)NC(=O)C2CC2c2ccccc2F)c1. The van der Waals surface area contributed by atoms with Crippen LogP contribution in [0.3, 0.4) is 0 Å². The zero-order valence-corrected chi connectivity index (χ0v) is 13.7. The Morgan fingerprint density at radius 3 is 2.67 bits per heavy atom. The van der Waals surface area contributed by atoms with Gasteiger partial charge >= 0.3 is 0 Å². The molecular weight excluding hydrogens is 333 g/mol. The van der Waals surface area contributed by atoms with Crippen molar-refractivity contribution in [3.8, 4) is 5.75 Å². The number of nitrogens with one attached hydrogen (secondary N) is 1. The maximum absolute atomic E-state index is 13.7. The van der Waals surface area contributed by atoms with Gasteiger partial charge < -0.3 is 4.74 Å². The molecule has 1 aliphatic rings. The molecule has 2 atom stereocenters. The van der Waals surface area contributed by atoms with Gasteiger partial charge in [-0.05, 0) is 36.1 Å². The molecule has 1 amide bonds. The highest BCUT2D eigenvalue weighted by atomic mass is 32.2. The third kappa shape index (κ3) is 3.26. The summed E-state index contributed by atoms with van der Waals surface area (Å²) in [5.74, 6) is -1.45. The van der Waals surface area contributed by atoms with Gasteiger partial charge in [-0.2, -0.15) is 0 Å². The van der Waals surface area contributed by atoms with E-state index in [9.17, 15) is 17.6 Å². The fraction of sp³-hybridized carbons (Fsp3) is 0.235. The molecule has 2 aromatic rings. The third-order valence-electron chi connectivity index (χ3n) is 4.02. The number of carbonyl (C=O) groups is 1. The van der Waals surface area contributed by atoms with Crippen molar-refractivity contribution in [1.29, 1.82) is 0 Å². The molecule has 2 aromatic carbocycles. The summed E-state index contributed by atoms with van der Waals surface area (Å²) >= 11 is 0. The van der Waals surface area contributed by atoms with Crippen molar-refractivity contribution in [3.05, 3.63) is 59.9 Å². The lowest BCUT2D eigenvalue weighted by molar-refractivity contribution is -0.120. The van der Waals surface area contributed by atoms with E-state index in [0.717, 1.165) is 0 Å². The summed E-state index contributed by atoms with van der Waals surface area (Å²) < 4.78 is 45.4. The lowest BCUT2D eigenvalue weighted by Crippen LogP contribution is -2.32. The first kappa shape index (κ1) is 16.4. The smallest absolute Gasteiger partial charge is 0.264 e. The van der Waals surface area contributed by atoms with Crippen LogP contribution in [0, 0.1) is 11.7 Å². The van der Waals surface area contributed by atoms with Crippen LogP contribution in [-0.4, -0.2) is 21.4 Å². The Hall–Kier alpha value is -2.41. The fourth-order valence-electron chi connectivity index (χ4n) is 2.64. The van der Waals surface area contributed by atoms with Gasteiger partial charge in [-0.15, -0.1) is 0 Å². The van der Waals surface area contributed by atoms with Crippen LogP contribution in [0.2, 0.25) is 0 Å². The number of ether oxygens (including phenoxy) is 1. The van der Waals surface area contributed by atoms with Crippen LogP contribution in [0.1, 0.15) is 17.9 Å². The molecule has 0 spiro atoms. The second-order valence-corrected chi connectivity index (χ2v) is 7.30. The molecule has 24 heavy (non-hydrogen) atoms. The molecule has 0 aromatic heterocycles. The van der Waals surface area contributed by atoms with Gasteiger partial charge in [0.25, 0.3) is 10.0 Å². The number of hydrogen-bond donors (Lipinski definition) is 1. The van der Waals surface area contributed by atoms with Crippen molar-refractivity contribution in [2.45, 2.75) is 17.2 Å². The Labute approximate surface area is 139 Å². The molecule has 5 nitrogen and oxygen atoms in total. The largest absolute Gasteiger partial charge is 0.497 e. The van der Waals surface area contributed by atoms with Crippen LogP contribution in [0.15, 0.2) is 53.4 Å². The lowest BCUT2D eigenvalue weighted by atomic mass is 10.1. The highest BCUT2D eigenvalue weighted by molar-refractivity contribution is 7.90. The van der Waals surface area contributed by atoms with Crippen molar-refractivity contribution >= 4 is 15.9 Å². The molecule has 126 valence electrons. The zero-order chi connectivity index (χ0) is 17.3. The second-order valence-electron chi connectivity index (χ2n) is 5.62. The Morgan fingerprint density at radius 1 is 1.21 bits per heavy atom. The number of benzene rings is 2. The zero-order valence-electron chi connectivity index (χ0n) is 12.9. The number of methoxy groups -OCH3 is 1. The highest BCUT2D eigenvalue weighted by Gasteiger charge is 2.46. The van der Waals surface area contributed by atoms with Gasteiger partial charge in [0, 0.05) is 12.0 Å². The van der Waals surface area contributed by atoms with Crippen molar-refractivity contribution in [2.24, 2.45) is 5.92 Å². The summed E-state index contributed by atoms with van der Waals surface area (Å²) in [6.07, 6.45) is 0.431. The average Bonchev–Trinajstić information content (AvgIpc) is 3.35. The van der Waals surface area contributed by atoms with E-state index in [1.807, 2.05) is 0 Å². The number of rotatable bonds is 5. The van der Waals surface area contributed by atoms with E-state index in [2.05, 4.69) is 4.72 Å². The summed E-state index contributed by atoms with van der Waals surface area (Å²) in [7, 11) is -2.56. The normalized spacial score (nSPS) is 19.6. The molecule has 0 bridgehead atoms. The van der Waals surface area contributed by atoms with Gasteiger partial charge in [-0.1, -0.05) is 24.3 Å². The number of halogens is 1. The first-order valence-corrected chi connectivity index (χ1v) is 8.86. The summed E-state index contributed by atoms with van der Waals surface area (Å²) in [4.78, 5) is 12.1. The van der Waals surface area contributed by atoms with Crippen LogP contribution in [0.5, 0.6) is 5.75 Å². The van der Waals surface area contributed by atoms with Gasteiger partial charge in [0.05, 0.1) is 12.0 Å². The molecule has 1 N–H and O–H groups in total. The van der Waals surface area contributed by atoms with E-state index in [0.29, 0.717) is 17.7 Å². The predicted molar refractivity (Wildman–Crippen MR) is 85.6 cm³/mol. The monoisotopic (exact) mass is 349 g/mol. The lowest BCUT2D eigenvalue weighted by Gasteiger charge is -2.08. The molecule has 0 aliphatic heterocycles. The minimum absolute atomic E-state index is 0.0571. The minimum atomic E-state index is -3.99. The molecule has 1 fully saturated rings. The second kappa shape index (κ2) is 6.24. The van der Waals surface area contributed by atoms with E-state index in [-0.39, 0.29) is 16.6 Å². The first-order valence-electron chi connectivity index (χ1n) is 7.37. The topological polar surface area (TPSA) is 72.5 Å². The quantitative estimate of drug-likeness (QED) is 0.900. The van der Waals surface area contributed by atoms with Gasteiger partial charge in [-0.3, -0.25) is 4.79 Å². The van der Waals surface area contributed by atoms with Crippen LogP contribution >= 0.6 is 0 Å². The van der Waals surface area contributed by atoms with Crippen LogP contribution in [0.4, 0.5) is 4.39 Å². The molecule has 1 saturated carbocycles. The summed E-state index contributed by atoms with van der Waals surface area (Å²) in [5.41, 5.74) is 0.441. The van der Waals surface area contributed by atoms with E-state index in [4.69, 9.17) is 4.74 Å². The Kier molecular flexibility index (Phi) is 4.28. The molecular formula is C17H16FNO4S. The van der Waals surface area contributed by atoms with Crippen molar-refractivity contribution in [2.75, 3.05) is 7.11 Å². The maximum atomic E-state index is 13.7. The van der Waals surface area contributed by atoms with Crippen molar-refractivity contribution in [1.82, 2.24) is 4.72 Å². The van der Waals surface area contributed by atoms with Gasteiger partial charge in [0.1, 0.15) is 11.6 Å². The predicted octanol–water partition coefficient (Wildman–Crippen LogP) is 2.44. The summed E-state index contributed by atoms with van der Waals surface area (Å²) in [5, 5.41) is 0. The molecule has 7 heteroatoms.